The first-order chi connectivity index (χ1) is 8.11. The van der Waals surface area contributed by atoms with Gasteiger partial charge in [0.1, 0.15) is 0 Å². The van der Waals surface area contributed by atoms with E-state index in [4.69, 9.17) is 9.47 Å². The zero-order chi connectivity index (χ0) is 12.8. The summed E-state index contributed by atoms with van der Waals surface area (Å²) in [7, 11) is 0. The van der Waals surface area contributed by atoms with E-state index in [1.807, 2.05) is 0 Å². The minimum atomic E-state index is -0.770. The molecule has 0 aromatic carbocycles. The number of ether oxygens (including phenoxy) is 2. The smallest absolute Gasteiger partial charge is 0.405 e. The Bertz CT molecular complexity index is 394. The summed E-state index contributed by atoms with van der Waals surface area (Å²) in [6.45, 7) is 3.56. The first kappa shape index (κ1) is 13.0. The molecule has 0 amide bonds. The predicted octanol–water partition coefficient (Wildman–Crippen LogP) is 0.673. The Morgan fingerprint density at radius 2 is 1.53 bits per heavy atom. The van der Waals surface area contributed by atoms with E-state index in [1.54, 1.807) is 13.8 Å². The molecule has 1 aromatic rings. The van der Waals surface area contributed by atoms with Crippen molar-refractivity contribution in [2.75, 3.05) is 13.2 Å². The number of rotatable bonds is 4. The fourth-order valence-electron chi connectivity index (χ4n) is 1.21. The van der Waals surface area contributed by atoms with Crippen LogP contribution in [0.4, 0.5) is 0 Å². The molecule has 1 aromatic heterocycles. The van der Waals surface area contributed by atoms with E-state index < -0.39 is 11.9 Å². The second-order valence-electron chi connectivity index (χ2n) is 3.03. The van der Waals surface area contributed by atoms with Gasteiger partial charge in [0.15, 0.2) is 0 Å². The average molecular weight is 239 g/mol. The molecule has 0 spiro atoms. The lowest BCUT2D eigenvalue weighted by molar-refractivity contribution is -0.611. The molecule has 1 heterocycles. The van der Waals surface area contributed by atoms with Crippen LogP contribution in [0.3, 0.4) is 0 Å². The summed E-state index contributed by atoms with van der Waals surface area (Å²) in [4.78, 5) is 22.8. The second-order valence-corrected chi connectivity index (χ2v) is 3.03. The molecule has 0 saturated heterocycles. The van der Waals surface area contributed by atoms with Crippen molar-refractivity contribution in [2.45, 2.75) is 13.8 Å². The Balaban J connectivity index is 3.07. The third kappa shape index (κ3) is 2.93. The van der Waals surface area contributed by atoms with Crippen LogP contribution in [-0.4, -0.2) is 25.2 Å². The van der Waals surface area contributed by atoms with Gasteiger partial charge in [0, 0.05) is 12.1 Å². The molecular weight excluding hydrogens is 226 g/mol. The molecule has 0 radical (unpaired) electrons. The van der Waals surface area contributed by atoms with Gasteiger partial charge in [-0.2, -0.15) is 4.73 Å². The number of carbonyl (C=O) groups is 2. The van der Waals surface area contributed by atoms with Gasteiger partial charge in [-0.15, -0.1) is 0 Å². The molecule has 6 heteroatoms. The van der Waals surface area contributed by atoms with Crippen LogP contribution in [0.1, 0.15) is 34.8 Å². The third-order valence-electron chi connectivity index (χ3n) is 1.91. The lowest BCUT2D eigenvalue weighted by Gasteiger charge is -2.07. The average Bonchev–Trinajstić information content (AvgIpc) is 2.29. The van der Waals surface area contributed by atoms with Crippen LogP contribution < -0.4 is 4.73 Å². The van der Waals surface area contributed by atoms with Crippen molar-refractivity contribution in [1.82, 2.24) is 0 Å². The fourth-order valence-corrected chi connectivity index (χ4v) is 1.21. The molecule has 0 aliphatic heterocycles. The van der Waals surface area contributed by atoms with Crippen LogP contribution in [0.25, 0.3) is 0 Å². The number of carbonyl (C=O) groups excluding carboxylic acids is 2. The number of esters is 2. The van der Waals surface area contributed by atoms with Crippen molar-refractivity contribution in [3.63, 3.8) is 0 Å². The zero-order valence-electron chi connectivity index (χ0n) is 9.63. The topological polar surface area (TPSA) is 79.5 Å². The highest BCUT2D eigenvalue weighted by molar-refractivity contribution is 5.88. The Hall–Kier alpha value is -2.11. The molecule has 0 bridgehead atoms. The summed E-state index contributed by atoms with van der Waals surface area (Å²) in [6, 6.07) is 3.99. The number of nitrogens with zero attached hydrogens (tertiary/aromatic N) is 1. The number of pyridine rings is 1. The summed E-state index contributed by atoms with van der Waals surface area (Å²) in [6.07, 6.45) is 0. The summed E-state index contributed by atoms with van der Waals surface area (Å²) >= 11 is 0. The van der Waals surface area contributed by atoms with Crippen molar-refractivity contribution in [3.8, 4) is 0 Å². The normalized spacial score (nSPS) is 9.76. The highest BCUT2D eigenvalue weighted by Crippen LogP contribution is 2.01. The SMILES string of the molecule is CCOC(=O)c1cccc(C(=O)OCC)[n+]1[O-]. The Labute approximate surface area is 98.3 Å². The van der Waals surface area contributed by atoms with Gasteiger partial charge in [-0.3, -0.25) is 0 Å². The molecular formula is C11H13NO5. The first-order valence-electron chi connectivity index (χ1n) is 5.18. The molecule has 0 aliphatic carbocycles. The molecule has 1 rings (SSSR count). The maximum absolute atomic E-state index is 11.7. The summed E-state index contributed by atoms with van der Waals surface area (Å²) in [5.41, 5.74) is -0.477. The van der Waals surface area contributed by atoms with E-state index in [0.29, 0.717) is 0 Å². The maximum Gasteiger partial charge on any atom is 0.405 e. The largest absolute Gasteiger partial charge is 0.617 e. The van der Waals surface area contributed by atoms with Gasteiger partial charge in [0.2, 0.25) is 0 Å². The van der Waals surface area contributed by atoms with Crippen molar-refractivity contribution in [1.29, 1.82) is 0 Å². The number of hydrogen-bond acceptors (Lipinski definition) is 5. The van der Waals surface area contributed by atoms with Gasteiger partial charge in [-0.05, 0) is 19.9 Å². The van der Waals surface area contributed by atoms with Crippen molar-refractivity contribution >= 4 is 11.9 Å². The molecule has 0 saturated carbocycles. The molecule has 0 atom stereocenters. The van der Waals surface area contributed by atoms with Gasteiger partial charge in [-0.25, -0.2) is 9.59 Å². The standard InChI is InChI=1S/C11H13NO5/c1-3-16-10(13)8-6-5-7-9(12(8)15)11(14)17-4-2/h5-7H,3-4H2,1-2H3. The monoisotopic (exact) mass is 239 g/mol. The van der Waals surface area contributed by atoms with Crippen LogP contribution in [0.5, 0.6) is 0 Å². The van der Waals surface area contributed by atoms with Crippen LogP contribution in [0.15, 0.2) is 18.2 Å². The highest BCUT2D eigenvalue weighted by Gasteiger charge is 2.24. The van der Waals surface area contributed by atoms with Gasteiger partial charge >= 0.3 is 23.3 Å². The summed E-state index contributed by atoms with van der Waals surface area (Å²) < 4.78 is 9.60. The van der Waals surface area contributed by atoms with Crippen LogP contribution in [0, 0.1) is 5.21 Å². The quantitative estimate of drug-likeness (QED) is 0.438. The third-order valence-corrected chi connectivity index (χ3v) is 1.91. The van der Waals surface area contributed by atoms with E-state index in [0.717, 1.165) is 0 Å². The highest BCUT2D eigenvalue weighted by atomic mass is 16.5. The Morgan fingerprint density at radius 1 is 1.12 bits per heavy atom. The van der Waals surface area contributed by atoms with Crippen molar-refractivity contribution in [3.05, 3.63) is 34.8 Å². The van der Waals surface area contributed by atoms with Crippen molar-refractivity contribution in [2.24, 2.45) is 0 Å². The van der Waals surface area contributed by atoms with E-state index in [9.17, 15) is 14.8 Å². The minimum Gasteiger partial charge on any atom is -0.617 e. The van der Waals surface area contributed by atoms with E-state index in [-0.39, 0.29) is 29.3 Å². The predicted molar refractivity (Wildman–Crippen MR) is 57.3 cm³/mol. The lowest BCUT2D eigenvalue weighted by atomic mass is 10.3. The lowest BCUT2D eigenvalue weighted by Crippen LogP contribution is -2.41. The number of hydrogen-bond donors (Lipinski definition) is 0. The van der Waals surface area contributed by atoms with E-state index in [1.165, 1.54) is 18.2 Å². The Kier molecular flexibility index (Phi) is 4.45. The van der Waals surface area contributed by atoms with Crippen LogP contribution >= 0.6 is 0 Å². The number of aromatic nitrogens is 1. The maximum atomic E-state index is 11.7. The van der Waals surface area contributed by atoms with Crippen LogP contribution in [-0.2, 0) is 9.47 Å². The molecule has 0 fully saturated rings. The van der Waals surface area contributed by atoms with Gasteiger partial charge in [-0.1, -0.05) is 0 Å². The minimum absolute atomic E-state index is 0.155. The van der Waals surface area contributed by atoms with E-state index in [2.05, 4.69) is 0 Å². The molecule has 0 unspecified atom stereocenters. The zero-order valence-corrected chi connectivity index (χ0v) is 9.63. The summed E-state index contributed by atoms with van der Waals surface area (Å²) in [5.74, 6) is -1.54. The van der Waals surface area contributed by atoms with Crippen LogP contribution in [0.2, 0.25) is 0 Å². The van der Waals surface area contributed by atoms with Gasteiger partial charge < -0.3 is 14.7 Å². The van der Waals surface area contributed by atoms with Gasteiger partial charge in [0.05, 0.1) is 13.2 Å². The molecule has 92 valence electrons. The molecule has 0 aliphatic rings. The first-order valence-corrected chi connectivity index (χ1v) is 5.18. The molecule has 17 heavy (non-hydrogen) atoms. The van der Waals surface area contributed by atoms with E-state index >= 15 is 0 Å². The van der Waals surface area contributed by atoms with Crippen molar-refractivity contribution < 1.29 is 23.8 Å². The molecule has 6 nitrogen and oxygen atoms in total. The Morgan fingerprint density at radius 3 is 1.88 bits per heavy atom. The molecule has 0 N–H and O–H groups in total. The summed E-state index contributed by atoms with van der Waals surface area (Å²) in [5, 5.41) is 11.7. The fraction of sp³-hybridized carbons (Fsp3) is 0.364. The second kappa shape index (κ2) is 5.83. The van der Waals surface area contributed by atoms with Gasteiger partial charge in [0.25, 0.3) is 0 Å².